The summed E-state index contributed by atoms with van der Waals surface area (Å²) < 4.78 is 27.1. The van der Waals surface area contributed by atoms with E-state index in [-0.39, 0.29) is 23.0 Å². The predicted octanol–water partition coefficient (Wildman–Crippen LogP) is 5.82. The molecule has 11 heteroatoms. The molecule has 224 valence electrons. The number of carbonyl (C=O) groups is 3. The third-order valence-corrected chi connectivity index (χ3v) is 9.22. The lowest BCUT2D eigenvalue weighted by atomic mass is 9.74. The van der Waals surface area contributed by atoms with Gasteiger partial charge in [-0.25, -0.2) is 9.18 Å². The van der Waals surface area contributed by atoms with Gasteiger partial charge in [-0.3, -0.25) is 14.5 Å². The van der Waals surface area contributed by atoms with E-state index in [1.54, 1.807) is 35.2 Å². The molecular formula is C32H30Cl2FN3O5. The lowest BCUT2D eigenvalue weighted by molar-refractivity contribution is -0.129. The van der Waals surface area contributed by atoms with Gasteiger partial charge in [0.15, 0.2) is 0 Å². The van der Waals surface area contributed by atoms with Crippen LogP contribution in [0.25, 0.3) is 0 Å². The molecule has 0 aromatic heterocycles. The van der Waals surface area contributed by atoms with E-state index in [9.17, 15) is 14.4 Å². The smallest absolute Gasteiger partial charge is 0.337 e. The zero-order valence-corrected chi connectivity index (χ0v) is 25.1. The van der Waals surface area contributed by atoms with Crippen molar-refractivity contribution in [3.8, 4) is 5.75 Å². The highest BCUT2D eigenvalue weighted by molar-refractivity contribution is 6.31. The van der Waals surface area contributed by atoms with E-state index in [1.165, 1.54) is 38.5 Å². The Morgan fingerprint density at radius 3 is 2.65 bits per heavy atom. The first-order chi connectivity index (χ1) is 20.6. The number of anilines is 2. The molecule has 3 fully saturated rings. The molecule has 8 nitrogen and oxygen atoms in total. The van der Waals surface area contributed by atoms with Crippen molar-refractivity contribution >= 4 is 52.4 Å². The minimum absolute atomic E-state index is 0.195. The molecule has 4 aliphatic rings. The number of methoxy groups -OCH3 is 2. The largest absolute Gasteiger partial charge is 0.495 e. The van der Waals surface area contributed by atoms with Gasteiger partial charge in [0.05, 0.1) is 37.3 Å². The molecule has 1 saturated carbocycles. The third-order valence-electron chi connectivity index (χ3n) is 8.86. The summed E-state index contributed by atoms with van der Waals surface area (Å²) in [5.74, 6) is -3.33. The van der Waals surface area contributed by atoms with Gasteiger partial charge >= 0.3 is 5.97 Å². The Bertz CT molecular complexity index is 1610. The molecule has 1 aliphatic carbocycles. The van der Waals surface area contributed by atoms with Crippen LogP contribution in [0.2, 0.25) is 5.02 Å². The van der Waals surface area contributed by atoms with Crippen LogP contribution in [0, 0.1) is 17.8 Å². The number of benzene rings is 2. The number of halogens is 3. The molecule has 1 spiro atoms. The van der Waals surface area contributed by atoms with Gasteiger partial charge < -0.3 is 19.7 Å². The van der Waals surface area contributed by atoms with Crippen molar-refractivity contribution < 1.29 is 28.2 Å². The number of rotatable bonds is 8. The molecule has 2 aromatic rings. The van der Waals surface area contributed by atoms with Crippen LogP contribution in [0.1, 0.15) is 28.8 Å². The first-order valence-electron chi connectivity index (χ1n) is 14.0. The van der Waals surface area contributed by atoms with Gasteiger partial charge in [-0.2, -0.15) is 0 Å². The highest BCUT2D eigenvalue weighted by Crippen LogP contribution is 2.61. The van der Waals surface area contributed by atoms with E-state index in [4.69, 9.17) is 32.7 Å². The number of hydrogen-bond acceptors (Lipinski definition) is 6. The van der Waals surface area contributed by atoms with E-state index in [0.717, 1.165) is 12.8 Å². The fraction of sp³-hybridized carbons (Fsp3) is 0.344. The van der Waals surface area contributed by atoms with Crippen LogP contribution in [-0.4, -0.2) is 56.0 Å². The van der Waals surface area contributed by atoms with Crippen LogP contribution in [0.5, 0.6) is 5.75 Å². The summed E-state index contributed by atoms with van der Waals surface area (Å²) >= 11 is 12.2. The molecule has 2 aromatic carbocycles. The average Bonchev–Trinajstić information content (AvgIpc) is 3.61. The van der Waals surface area contributed by atoms with E-state index >= 15 is 4.39 Å². The minimum Gasteiger partial charge on any atom is -0.495 e. The summed E-state index contributed by atoms with van der Waals surface area (Å²) in [7, 11) is 2.73. The number of esters is 1. The summed E-state index contributed by atoms with van der Waals surface area (Å²) in [5.41, 5.74) is 0.340. The van der Waals surface area contributed by atoms with Crippen LogP contribution < -0.4 is 15.0 Å². The Kier molecular flexibility index (Phi) is 7.61. The van der Waals surface area contributed by atoms with Crippen LogP contribution in [0.4, 0.5) is 15.8 Å². The highest BCUT2D eigenvalue weighted by Gasteiger charge is 2.71. The van der Waals surface area contributed by atoms with Crippen LogP contribution >= 0.6 is 23.2 Å². The maximum Gasteiger partial charge on any atom is 0.337 e. The quantitative estimate of drug-likeness (QED) is 0.294. The zero-order valence-electron chi connectivity index (χ0n) is 23.6. The molecule has 1 N–H and O–H groups in total. The first-order valence-corrected chi connectivity index (χ1v) is 14.7. The molecule has 0 unspecified atom stereocenters. The molecule has 2 saturated heterocycles. The Balaban J connectivity index is 1.51. The molecule has 4 atom stereocenters. The van der Waals surface area contributed by atoms with E-state index < -0.39 is 41.1 Å². The first kappa shape index (κ1) is 29.4. The second kappa shape index (κ2) is 11.1. The van der Waals surface area contributed by atoms with Crippen molar-refractivity contribution in [2.75, 3.05) is 37.5 Å². The molecular weight excluding hydrogens is 596 g/mol. The van der Waals surface area contributed by atoms with Gasteiger partial charge in [0.25, 0.3) is 0 Å². The third kappa shape index (κ3) is 4.74. The number of ether oxygens (including phenoxy) is 2. The summed E-state index contributed by atoms with van der Waals surface area (Å²) in [4.78, 5) is 44.4. The minimum atomic E-state index is -1.47. The molecule has 43 heavy (non-hydrogen) atoms. The van der Waals surface area contributed by atoms with Crippen LogP contribution in [0.3, 0.4) is 0 Å². The number of likely N-dealkylation sites (tertiary alicyclic amines) is 1. The van der Waals surface area contributed by atoms with E-state index in [1.807, 2.05) is 4.90 Å². The fourth-order valence-corrected chi connectivity index (χ4v) is 7.16. The van der Waals surface area contributed by atoms with Gasteiger partial charge in [0.1, 0.15) is 17.1 Å². The summed E-state index contributed by atoms with van der Waals surface area (Å²) in [6.07, 6.45) is 6.10. The van der Waals surface area contributed by atoms with Crippen LogP contribution in [0.15, 0.2) is 72.1 Å². The predicted molar refractivity (Wildman–Crippen MR) is 162 cm³/mol. The number of nitrogens with zero attached hydrogens (tertiary/aromatic N) is 2. The Morgan fingerprint density at radius 1 is 1.21 bits per heavy atom. The molecule has 0 radical (unpaired) electrons. The topological polar surface area (TPSA) is 88.2 Å². The van der Waals surface area contributed by atoms with Gasteiger partial charge in [-0.1, -0.05) is 41.9 Å². The zero-order chi connectivity index (χ0) is 30.6. The van der Waals surface area contributed by atoms with Gasteiger partial charge in [0, 0.05) is 40.4 Å². The van der Waals surface area contributed by atoms with Crippen molar-refractivity contribution in [1.29, 1.82) is 0 Å². The lowest BCUT2D eigenvalue weighted by Gasteiger charge is -2.40. The summed E-state index contributed by atoms with van der Waals surface area (Å²) in [6.45, 7) is 4.33. The fourth-order valence-electron chi connectivity index (χ4n) is 6.92. The normalized spacial score (nSPS) is 26.7. The number of nitrogens with one attached hydrogen (secondary N) is 1. The second-order valence-corrected chi connectivity index (χ2v) is 12.2. The van der Waals surface area contributed by atoms with Crippen molar-refractivity contribution in [1.82, 2.24) is 4.90 Å². The van der Waals surface area contributed by atoms with Crippen molar-refractivity contribution in [3.63, 3.8) is 0 Å². The van der Waals surface area contributed by atoms with Crippen molar-refractivity contribution in [2.24, 2.45) is 17.8 Å². The Hall–Kier alpha value is -3.66. The average molecular weight is 627 g/mol. The van der Waals surface area contributed by atoms with Crippen LogP contribution in [-0.2, 0) is 19.9 Å². The SMILES string of the molecule is C=C(Cl)/C=C\C=C(/F)[C@H]1[C@@H]2C(=O)N(c3ccc(C(=O)OC)cc3OC)C[C@@H]2N(CC2CC2)[C@@]12C(=O)Nc1cc(Cl)ccc12. The summed E-state index contributed by atoms with van der Waals surface area (Å²) in [6, 6.07) is 9.29. The molecule has 2 amide bonds. The maximum atomic E-state index is 16.7. The van der Waals surface area contributed by atoms with Crippen molar-refractivity contribution in [3.05, 3.63) is 88.2 Å². The van der Waals surface area contributed by atoms with E-state index in [0.29, 0.717) is 40.2 Å². The van der Waals surface area contributed by atoms with Gasteiger partial charge in [-0.05, 0) is 61.2 Å². The maximum absolute atomic E-state index is 16.7. The Labute approximate surface area is 258 Å². The molecule has 0 bridgehead atoms. The molecule has 6 rings (SSSR count). The molecule has 3 heterocycles. The van der Waals surface area contributed by atoms with Gasteiger partial charge in [-0.15, -0.1) is 0 Å². The monoisotopic (exact) mass is 625 g/mol. The lowest BCUT2D eigenvalue weighted by Crippen LogP contribution is -2.55. The highest BCUT2D eigenvalue weighted by atomic mass is 35.5. The summed E-state index contributed by atoms with van der Waals surface area (Å²) in [5, 5.41) is 3.59. The van der Waals surface area contributed by atoms with Gasteiger partial charge in [0.2, 0.25) is 11.8 Å². The standard InChI is InChI=1S/C32H30Cl2FN3O5/c1-17(33)5-4-6-22(35)28-27-25(16-37(29(27)39)24-12-9-19(30(40)43-3)13-26(24)42-2)38(15-18-7-8-18)32(28)21-11-10-20(34)14-23(21)36-31(32)41/h4-6,9-14,18,25,27-28H,1,7-8,15-16H2,2-3H3,(H,36,41)/b5-4-,22-6-/t25-,27+,28-,32+/m0/s1. The van der Waals surface area contributed by atoms with E-state index in [2.05, 4.69) is 11.9 Å². The second-order valence-electron chi connectivity index (χ2n) is 11.3. The molecule has 3 aliphatic heterocycles. The number of allylic oxidation sites excluding steroid dienone is 4. The van der Waals surface area contributed by atoms with Crippen molar-refractivity contribution in [2.45, 2.75) is 24.4 Å². The number of fused-ring (bicyclic) bond motifs is 3. The number of carbonyl (C=O) groups excluding carboxylic acids is 3. The Morgan fingerprint density at radius 2 is 1.98 bits per heavy atom. The number of hydrogen-bond donors (Lipinski definition) is 1. The number of amides is 2.